The van der Waals surface area contributed by atoms with Crippen molar-refractivity contribution in [2.45, 2.75) is 39.7 Å². The molecule has 0 bridgehead atoms. The molecule has 0 fully saturated rings. The van der Waals surface area contributed by atoms with E-state index in [0.29, 0.717) is 18.2 Å². The minimum absolute atomic E-state index is 0.0538. The molecule has 1 unspecified atom stereocenters. The average Bonchev–Trinajstić information content (AvgIpc) is 2.33. The van der Waals surface area contributed by atoms with Crippen LogP contribution in [0.2, 0.25) is 0 Å². The number of nitrogens with zero attached hydrogens (tertiary/aromatic N) is 2. The Balaban J connectivity index is 2.54. The quantitative estimate of drug-likeness (QED) is 0.751. The summed E-state index contributed by atoms with van der Waals surface area (Å²) in [7, 11) is 0. The number of hydrogen-bond donors (Lipinski definition) is 2. The Morgan fingerprint density at radius 1 is 1.47 bits per heavy atom. The van der Waals surface area contributed by atoms with Gasteiger partial charge in [-0.1, -0.05) is 13.3 Å². The lowest BCUT2D eigenvalue weighted by Crippen LogP contribution is -2.18. The maximum Gasteiger partial charge on any atom is 0.303 e. The van der Waals surface area contributed by atoms with Gasteiger partial charge in [-0.25, -0.2) is 9.97 Å². The molecular weight excluding hydrogens is 246 g/mol. The largest absolute Gasteiger partial charge is 0.481 e. The zero-order valence-electron chi connectivity index (χ0n) is 11.6. The Morgan fingerprint density at radius 3 is 2.79 bits per heavy atom. The number of carboxylic acids is 1. The van der Waals surface area contributed by atoms with E-state index in [-0.39, 0.29) is 18.4 Å². The molecule has 1 heterocycles. The maximum absolute atomic E-state index is 10.7. The first-order valence-corrected chi connectivity index (χ1v) is 6.45. The maximum atomic E-state index is 10.7. The molecule has 1 aromatic heterocycles. The molecule has 0 amide bonds. The SMILES string of the molecule is CCC(CNc1cc(OC(C)C)ncn1)CC(=O)O. The van der Waals surface area contributed by atoms with E-state index in [1.54, 1.807) is 6.07 Å². The van der Waals surface area contributed by atoms with E-state index in [1.807, 2.05) is 20.8 Å². The second-order valence-corrected chi connectivity index (χ2v) is 4.66. The monoisotopic (exact) mass is 267 g/mol. The molecule has 1 aromatic rings. The highest BCUT2D eigenvalue weighted by Gasteiger charge is 2.11. The van der Waals surface area contributed by atoms with Crippen LogP contribution in [0.5, 0.6) is 5.88 Å². The van der Waals surface area contributed by atoms with Gasteiger partial charge >= 0.3 is 5.97 Å². The number of ether oxygens (including phenoxy) is 1. The molecule has 1 atom stereocenters. The lowest BCUT2D eigenvalue weighted by atomic mass is 10.0. The number of aromatic nitrogens is 2. The topological polar surface area (TPSA) is 84.3 Å². The number of carbonyl (C=O) groups is 1. The highest BCUT2D eigenvalue weighted by Crippen LogP contribution is 2.14. The molecule has 1 rings (SSSR count). The first-order chi connectivity index (χ1) is 9.01. The van der Waals surface area contributed by atoms with E-state index in [4.69, 9.17) is 9.84 Å². The van der Waals surface area contributed by atoms with Gasteiger partial charge in [0.05, 0.1) is 6.10 Å². The number of nitrogens with one attached hydrogen (secondary N) is 1. The Morgan fingerprint density at radius 2 is 2.21 bits per heavy atom. The highest BCUT2D eigenvalue weighted by molar-refractivity contribution is 5.67. The van der Waals surface area contributed by atoms with E-state index in [0.717, 1.165) is 6.42 Å². The molecule has 0 aromatic carbocycles. The van der Waals surface area contributed by atoms with Gasteiger partial charge in [-0.3, -0.25) is 4.79 Å². The van der Waals surface area contributed by atoms with E-state index < -0.39 is 5.97 Å². The van der Waals surface area contributed by atoms with Crippen LogP contribution in [-0.2, 0) is 4.79 Å². The van der Waals surface area contributed by atoms with Crippen molar-refractivity contribution in [3.63, 3.8) is 0 Å². The van der Waals surface area contributed by atoms with Crippen LogP contribution >= 0.6 is 0 Å². The van der Waals surface area contributed by atoms with Crippen LogP contribution in [0.3, 0.4) is 0 Å². The molecular formula is C13H21N3O3. The van der Waals surface area contributed by atoms with Crippen LogP contribution in [0.25, 0.3) is 0 Å². The van der Waals surface area contributed by atoms with Crippen molar-refractivity contribution in [2.24, 2.45) is 5.92 Å². The number of aliphatic carboxylic acids is 1. The summed E-state index contributed by atoms with van der Waals surface area (Å²) < 4.78 is 5.47. The summed E-state index contributed by atoms with van der Waals surface area (Å²) in [5.74, 6) is 0.468. The van der Waals surface area contributed by atoms with Gasteiger partial charge in [-0.2, -0.15) is 0 Å². The highest BCUT2D eigenvalue weighted by atomic mass is 16.5. The third-order valence-corrected chi connectivity index (χ3v) is 2.61. The van der Waals surface area contributed by atoms with Gasteiger partial charge in [0.1, 0.15) is 12.1 Å². The molecule has 0 aliphatic heterocycles. The van der Waals surface area contributed by atoms with Crippen LogP contribution in [0.4, 0.5) is 5.82 Å². The Kier molecular flexibility index (Phi) is 6.05. The van der Waals surface area contributed by atoms with Crippen molar-refractivity contribution >= 4 is 11.8 Å². The fourth-order valence-corrected chi connectivity index (χ4v) is 1.60. The van der Waals surface area contributed by atoms with Gasteiger partial charge in [0.25, 0.3) is 0 Å². The molecule has 6 heteroatoms. The molecule has 0 saturated heterocycles. The molecule has 0 aliphatic carbocycles. The number of carboxylic acid groups (broad SMARTS) is 1. The third-order valence-electron chi connectivity index (χ3n) is 2.61. The lowest BCUT2D eigenvalue weighted by Gasteiger charge is -2.14. The molecule has 0 radical (unpaired) electrons. The van der Waals surface area contributed by atoms with Crippen LogP contribution in [0, 0.1) is 5.92 Å². The second kappa shape index (κ2) is 7.56. The summed E-state index contributed by atoms with van der Waals surface area (Å²) in [5.41, 5.74) is 0. The summed E-state index contributed by atoms with van der Waals surface area (Å²) in [6, 6.07) is 1.72. The normalized spacial score (nSPS) is 12.2. The van der Waals surface area contributed by atoms with Crippen LogP contribution in [0.15, 0.2) is 12.4 Å². The van der Waals surface area contributed by atoms with Crippen molar-refractivity contribution in [3.8, 4) is 5.88 Å². The average molecular weight is 267 g/mol. The van der Waals surface area contributed by atoms with E-state index in [2.05, 4.69) is 15.3 Å². The van der Waals surface area contributed by atoms with Crippen molar-refractivity contribution in [1.82, 2.24) is 9.97 Å². The third kappa shape index (κ3) is 6.03. The van der Waals surface area contributed by atoms with Gasteiger partial charge in [-0.15, -0.1) is 0 Å². The lowest BCUT2D eigenvalue weighted by molar-refractivity contribution is -0.138. The number of anilines is 1. The van der Waals surface area contributed by atoms with Crippen LogP contribution in [-0.4, -0.2) is 33.7 Å². The van der Waals surface area contributed by atoms with Crippen molar-refractivity contribution in [3.05, 3.63) is 12.4 Å². The van der Waals surface area contributed by atoms with Gasteiger partial charge in [0, 0.05) is 19.0 Å². The van der Waals surface area contributed by atoms with Crippen molar-refractivity contribution in [1.29, 1.82) is 0 Å². The molecule has 6 nitrogen and oxygen atoms in total. The minimum atomic E-state index is -0.778. The van der Waals surface area contributed by atoms with Crippen LogP contribution < -0.4 is 10.1 Å². The summed E-state index contributed by atoms with van der Waals surface area (Å²) in [6.07, 6.45) is 2.44. The fourth-order valence-electron chi connectivity index (χ4n) is 1.60. The van der Waals surface area contributed by atoms with E-state index in [1.165, 1.54) is 6.33 Å². The summed E-state index contributed by atoms with van der Waals surface area (Å²) in [4.78, 5) is 18.8. The van der Waals surface area contributed by atoms with Gasteiger partial charge < -0.3 is 15.2 Å². The predicted octanol–water partition coefficient (Wildman–Crippen LogP) is 2.18. The van der Waals surface area contributed by atoms with E-state index >= 15 is 0 Å². The van der Waals surface area contributed by atoms with Gasteiger partial charge in [0.15, 0.2) is 0 Å². The zero-order valence-corrected chi connectivity index (χ0v) is 11.6. The zero-order chi connectivity index (χ0) is 14.3. The Bertz CT molecular complexity index is 410. The minimum Gasteiger partial charge on any atom is -0.481 e. The summed E-state index contributed by atoms with van der Waals surface area (Å²) in [6.45, 7) is 6.40. The first kappa shape index (κ1) is 15.2. The van der Waals surface area contributed by atoms with Crippen molar-refractivity contribution in [2.75, 3.05) is 11.9 Å². The number of hydrogen-bond acceptors (Lipinski definition) is 5. The van der Waals surface area contributed by atoms with Crippen molar-refractivity contribution < 1.29 is 14.6 Å². The summed E-state index contributed by atoms with van der Waals surface area (Å²) >= 11 is 0. The van der Waals surface area contributed by atoms with Crippen LogP contribution in [0.1, 0.15) is 33.6 Å². The second-order valence-electron chi connectivity index (χ2n) is 4.66. The van der Waals surface area contributed by atoms with E-state index in [9.17, 15) is 4.79 Å². The summed E-state index contributed by atoms with van der Waals surface area (Å²) in [5, 5.41) is 11.9. The predicted molar refractivity (Wildman–Crippen MR) is 72.3 cm³/mol. The fraction of sp³-hybridized carbons (Fsp3) is 0.615. The first-order valence-electron chi connectivity index (χ1n) is 6.45. The van der Waals surface area contributed by atoms with Gasteiger partial charge in [-0.05, 0) is 19.8 Å². The Labute approximate surface area is 113 Å². The molecule has 19 heavy (non-hydrogen) atoms. The smallest absolute Gasteiger partial charge is 0.303 e. The molecule has 0 aliphatic rings. The Hall–Kier alpha value is -1.85. The molecule has 0 spiro atoms. The molecule has 106 valence electrons. The van der Waals surface area contributed by atoms with Gasteiger partial charge in [0.2, 0.25) is 5.88 Å². The standard InChI is InChI=1S/C13H21N3O3/c1-4-10(5-13(17)18)7-14-11-6-12(16-8-15-11)19-9(2)3/h6,8-10H,4-5,7H2,1-3H3,(H,17,18)(H,14,15,16). The number of rotatable bonds is 8. The molecule has 2 N–H and O–H groups in total. The molecule has 0 saturated carbocycles.